The summed E-state index contributed by atoms with van der Waals surface area (Å²) in [6, 6.07) is 15.1. The van der Waals surface area contributed by atoms with E-state index in [1.54, 1.807) is 12.0 Å². The first-order chi connectivity index (χ1) is 15.0. The van der Waals surface area contributed by atoms with Gasteiger partial charge in [-0.2, -0.15) is 0 Å². The van der Waals surface area contributed by atoms with E-state index in [4.69, 9.17) is 4.74 Å². The minimum Gasteiger partial charge on any atom is -0.497 e. The number of amides is 1. The summed E-state index contributed by atoms with van der Waals surface area (Å²) >= 11 is 0. The Morgan fingerprint density at radius 1 is 1.06 bits per heavy atom. The molecule has 1 N–H and O–H groups in total. The van der Waals surface area contributed by atoms with Crippen molar-refractivity contribution < 1.29 is 9.53 Å². The zero-order valence-electron chi connectivity index (χ0n) is 17.3. The average molecular weight is 414 g/mol. The van der Waals surface area contributed by atoms with Crippen LogP contribution in [0.15, 0.2) is 71.9 Å². The Bertz CT molecular complexity index is 1270. The molecular weight excluding hydrogens is 392 g/mol. The van der Waals surface area contributed by atoms with E-state index in [1.165, 1.54) is 18.6 Å². The summed E-state index contributed by atoms with van der Waals surface area (Å²) in [6.07, 6.45) is 4.42. The highest BCUT2D eigenvalue weighted by molar-refractivity contribution is 5.92. The number of hydrogen-bond donors (Lipinski definition) is 1. The first-order valence-electron chi connectivity index (χ1n) is 9.84. The first kappa shape index (κ1) is 20.3. The van der Waals surface area contributed by atoms with Crippen LogP contribution in [0.4, 0.5) is 0 Å². The van der Waals surface area contributed by atoms with Gasteiger partial charge in [-0.1, -0.05) is 23.8 Å². The molecule has 0 unspecified atom stereocenters. The van der Waals surface area contributed by atoms with Gasteiger partial charge in [0.1, 0.15) is 11.4 Å². The molecule has 0 saturated carbocycles. The van der Waals surface area contributed by atoms with Gasteiger partial charge in [-0.3, -0.25) is 14.6 Å². The third-order valence-electron chi connectivity index (χ3n) is 5.04. The number of H-pyrrole nitrogens is 1. The van der Waals surface area contributed by atoms with E-state index in [9.17, 15) is 9.59 Å². The summed E-state index contributed by atoms with van der Waals surface area (Å²) in [5, 5.41) is 0.922. The highest BCUT2D eigenvalue weighted by atomic mass is 16.5. The summed E-state index contributed by atoms with van der Waals surface area (Å²) in [6.45, 7) is 2.45. The Kier molecular flexibility index (Phi) is 5.75. The number of nitrogens with zero attached hydrogens (tertiary/aromatic N) is 3. The van der Waals surface area contributed by atoms with Gasteiger partial charge in [0.05, 0.1) is 19.9 Å². The van der Waals surface area contributed by atoms with Crippen molar-refractivity contribution in [3.05, 3.63) is 99.9 Å². The number of aromatic nitrogens is 3. The molecule has 0 aliphatic carbocycles. The number of hydrogen-bond acceptors (Lipinski definition) is 5. The Morgan fingerprint density at radius 2 is 1.87 bits per heavy atom. The van der Waals surface area contributed by atoms with Crippen molar-refractivity contribution in [3.8, 4) is 5.75 Å². The van der Waals surface area contributed by atoms with E-state index in [-0.39, 0.29) is 23.7 Å². The van der Waals surface area contributed by atoms with Gasteiger partial charge in [-0.05, 0) is 48.2 Å². The van der Waals surface area contributed by atoms with E-state index in [0.29, 0.717) is 12.1 Å². The molecular formula is C24H22N4O3. The van der Waals surface area contributed by atoms with E-state index in [0.717, 1.165) is 27.8 Å². The predicted molar refractivity (Wildman–Crippen MR) is 118 cm³/mol. The molecule has 7 heteroatoms. The molecule has 7 nitrogen and oxygen atoms in total. The fourth-order valence-corrected chi connectivity index (χ4v) is 3.42. The summed E-state index contributed by atoms with van der Waals surface area (Å²) in [7, 11) is 1.60. The Balaban J connectivity index is 1.69. The lowest BCUT2D eigenvalue weighted by Gasteiger charge is -2.22. The molecule has 2 aromatic carbocycles. The Hall–Kier alpha value is -4.00. The van der Waals surface area contributed by atoms with Crippen LogP contribution in [0, 0.1) is 6.92 Å². The third-order valence-corrected chi connectivity index (χ3v) is 5.04. The van der Waals surface area contributed by atoms with Crippen molar-refractivity contribution >= 4 is 16.8 Å². The fourth-order valence-electron chi connectivity index (χ4n) is 3.42. The van der Waals surface area contributed by atoms with Crippen molar-refractivity contribution in [3.63, 3.8) is 0 Å². The fraction of sp³-hybridized carbons (Fsp3) is 0.167. The Morgan fingerprint density at radius 3 is 2.58 bits per heavy atom. The van der Waals surface area contributed by atoms with Crippen molar-refractivity contribution in [1.82, 2.24) is 19.9 Å². The number of pyridine rings is 1. The SMILES string of the molecule is COc1ccc(CN(Cc2cc3cc(C)ccc3[nH]c2=O)C(=O)c2cnccn2)cc1. The zero-order valence-corrected chi connectivity index (χ0v) is 17.3. The molecule has 156 valence electrons. The summed E-state index contributed by atoms with van der Waals surface area (Å²) < 4.78 is 5.21. The molecule has 4 aromatic rings. The van der Waals surface area contributed by atoms with Crippen LogP contribution in [-0.2, 0) is 13.1 Å². The maximum Gasteiger partial charge on any atom is 0.274 e. The highest BCUT2D eigenvalue weighted by Gasteiger charge is 2.20. The van der Waals surface area contributed by atoms with E-state index >= 15 is 0 Å². The van der Waals surface area contributed by atoms with Crippen LogP contribution in [0.5, 0.6) is 5.75 Å². The van der Waals surface area contributed by atoms with E-state index in [2.05, 4.69) is 15.0 Å². The Labute approximate surface area is 179 Å². The van der Waals surface area contributed by atoms with Crippen molar-refractivity contribution in [2.75, 3.05) is 7.11 Å². The molecule has 0 aliphatic heterocycles. The number of ether oxygens (including phenoxy) is 1. The molecule has 0 bridgehead atoms. The van der Waals surface area contributed by atoms with Gasteiger partial charge >= 0.3 is 0 Å². The average Bonchev–Trinajstić information content (AvgIpc) is 2.80. The van der Waals surface area contributed by atoms with Crippen LogP contribution in [-0.4, -0.2) is 32.9 Å². The molecule has 0 atom stereocenters. The molecule has 0 saturated heterocycles. The smallest absolute Gasteiger partial charge is 0.274 e. The number of nitrogens with one attached hydrogen (secondary N) is 1. The second-order valence-corrected chi connectivity index (χ2v) is 7.31. The molecule has 4 rings (SSSR count). The minimum absolute atomic E-state index is 0.140. The lowest BCUT2D eigenvalue weighted by atomic mass is 10.1. The quantitative estimate of drug-likeness (QED) is 0.522. The minimum atomic E-state index is -0.298. The lowest BCUT2D eigenvalue weighted by molar-refractivity contribution is 0.0723. The molecule has 0 fully saturated rings. The number of benzene rings is 2. The largest absolute Gasteiger partial charge is 0.497 e. The van der Waals surface area contributed by atoms with Crippen LogP contribution >= 0.6 is 0 Å². The molecule has 2 aromatic heterocycles. The van der Waals surface area contributed by atoms with Crippen molar-refractivity contribution in [2.45, 2.75) is 20.0 Å². The van der Waals surface area contributed by atoms with E-state index < -0.39 is 0 Å². The number of methoxy groups -OCH3 is 1. The first-order valence-corrected chi connectivity index (χ1v) is 9.84. The normalized spacial score (nSPS) is 10.8. The van der Waals surface area contributed by atoms with Crippen LogP contribution in [0.25, 0.3) is 10.9 Å². The number of rotatable bonds is 6. The van der Waals surface area contributed by atoms with Gasteiger partial charge in [0, 0.05) is 30.0 Å². The van der Waals surface area contributed by atoms with Crippen LogP contribution in [0.1, 0.15) is 27.2 Å². The number of carbonyl (C=O) groups excluding carboxylic acids is 1. The summed E-state index contributed by atoms with van der Waals surface area (Å²) in [5.41, 5.74) is 3.28. The van der Waals surface area contributed by atoms with Crippen LogP contribution in [0.2, 0.25) is 0 Å². The number of aromatic amines is 1. The molecule has 0 spiro atoms. The van der Waals surface area contributed by atoms with Gasteiger partial charge in [-0.15, -0.1) is 0 Å². The van der Waals surface area contributed by atoms with E-state index in [1.807, 2.05) is 55.5 Å². The van der Waals surface area contributed by atoms with Crippen LogP contribution in [0.3, 0.4) is 0 Å². The summed E-state index contributed by atoms with van der Waals surface area (Å²) in [4.78, 5) is 38.5. The van der Waals surface area contributed by atoms with Gasteiger partial charge < -0.3 is 14.6 Å². The molecule has 0 radical (unpaired) electrons. The van der Waals surface area contributed by atoms with Crippen molar-refractivity contribution in [1.29, 1.82) is 0 Å². The zero-order chi connectivity index (χ0) is 21.8. The second-order valence-electron chi connectivity index (χ2n) is 7.31. The van der Waals surface area contributed by atoms with Crippen LogP contribution < -0.4 is 10.3 Å². The molecule has 0 aliphatic rings. The van der Waals surface area contributed by atoms with Crippen molar-refractivity contribution in [2.24, 2.45) is 0 Å². The number of carbonyl (C=O) groups is 1. The molecule has 2 heterocycles. The lowest BCUT2D eigenvalue weighted by Crippen LogP contribution is -2.33. The number of fused-ring (bicyclic) bond motifs is 1. The molecule has 31 heavy (non-hydrogen) atoms. The highest BCUT2D eigenvalue weighted by Crippen LogP contribution is 2.18. The maximum absolute atomic E-state index is 13.2. The maximum atomic E-state index is 13.2. The topological polar surface area (TPSA) is 88.2 Å². The standard InChI is InChI=1S/C24H22N4O3/c1-16-3-8-21-18(11-16)12-19(23(29)27-21)15-28(24(30)22-13-25-9-10-26-22)14-17-4-6-20(31-2)7-5-17/h3-13H,14-15H2,1-2H3,(H,27,29). The van der Waals surface area contributed by atoms with Gasteiger partial charge in [0.15, 0.2) is 0 Å². The number of aryl methyl sites for hydroxylation is 1. The van der Waals surface area contributed by atoms with Gasteiger partial charge in [0.25, 0.3) is 11.5 Å². The monoisotopic (exact) mass is 414 g/mol. The second kappa shape index (κ2) is 8.79. The van der Waals surface area contributed by atoms with Gasteiger partial charge in [-0.25, -0.2) is 4.98 Å². The predicted octanol–water partition coefficient (Wildman–Crippen LogP) is 3.48. The molecule has 1 amide bonds. The summed E-state index contributed by atoms with van der Waals surface area (Å²) in [5.74, 6) is 0.435. The van der Waals surface area contributed by atoms with Gasteiger partial charge in [0.2, 0.25) is 0 Å². The third kappa shape index (κ3) is 4.61.